The number of thiophene rings is 1. The Hall–Kier alpha value is -5.25. The molecule has 8 aromatic rings. The highest BCUT2D eigenvalue weighted by Crippen LogP contribution is 2.46. The number of aromatic nitrogens is 1. The van der Waals surface area contributed by atoms with Crippen molar-refractivity contribution in [2.75, 3.05) is 4.90 Å². The molecule has 0 atom stereocenters. The van der Waals surface area contributed by atoms with Gasteiger partial charge in [0.1, 0.15) is 4.83 Å². The van der Waals surface area contributed by atoms with Crippen LogP contribution in [0.4, 0.5) is 17.1 Å². The summed E-state index contributed by atoms with van der Waals surface area (Å²) in [6.07, 6.45) is 1.88. The summed E-state index contributed by atoms with van der Waals surface area (Å²) in [5.74, 6) is 0. The molecule has 0 aliphatic rings. The first-order valence-electron chi connectivity index (χ1n) is 14.1. The Balaban J connectivity index is 1.41. The normalized spacial score (nSPS) is 11.3. The van der Waals surface area contributed by atoms with Crippen LogP contribution in [-0.2, 0) is 0 Å². The molecule has 0 spiro atoms. The number of anilines is 3. The summed E-state index contributed by atoms with van der Waals surface area (Å²) >= 11 is 1.75. The average molecular weight is 555 g/mol. The van der Waals surface area contributed by atoms with Crippen molar-refractivity contribution in [2.45, 2.75) is 0 Å². The standard InChI is InChI=1S/C39H26N2S/c1-3-11-27(12-4-1)28-20-22-31(23-21-28)41(36-18-9-19-37-38(36)34-17-10-24-40-39(34)42-37)32-25-30-15-7-8-16-33(30)35(26-32)29-13-5-2-6-14-29/h1-26H. The van der Waals surface area contributed by atoms with E-state index in [1.807, 2.05) is 12.3 Å². The highest BCUT2D eigenvalue weighted by Gasteiger charge is 2.20. The SMILES string of the molecule is c1ccc(-c2ccc(N(c3cc(-c4ccccc4)c4ccccc4c3)c3cccc4sc5ncccc5c34)cc2)cc1. The third-order valence-electron chi connectivity index (χ3n) is 7.91. The van der Waals surface area contributed by atoms with Crippen molar-refractivity contribution >= 4 is 59.5 Å². The van der Waals surface area contributed by atoms with Gasteiger partial charge in [-0.3, -0.25) is 0 Å². The molecule has 6 aromatic carbocycles. The molecule has 2 aromatic heterocycles. The zero-order valence-electron chi connectivity index (χ0n) is 22.8. The second-order valence-electron chi connectivity index (χ2n) is 10.4. The minimum absolute atomic E-state index is 1.06. The Morgan fingerprint density at radius 1 is 0.500 bits per heavy atom. The van der Waals surface area contributed by atoms with E-state index in [1.54, 1.807) is 11.3 Å². The molecule has 2 heterocycles. The summed E-state index contributed by atoms with van der Waals surface area (Å²) in [6.45, 7) is 0. The molecule has 0 aliphatic carbocycles. The fraction of sp³-hybridized carbons (Fsp3) is 0. The number of hydrogen-bond acceptors (Lipinski definition) is 3. The fourth-order valence-electron chi connectivity index (χ4n) is 5.97. The van der Waals surface area contributed by atoms with Gasteiger partial charge in [0.15, 0.2) is 0 Å². The molecule has 0 bridgehead atoms. The molecule has 0 saturated carbocycles. The van der Waals surface area contributed by atoms with Gasteiger partial charge in [-0.2, -0.15) is 0 Å². The zero-order chi connectivity index (χ0) is 27.9. The molecular weight excluding hydrogens is 529 g/mol. The van der Waals surface area contributed by atoms with E-state index in [-0.39, 0.29) is 0 Å². The summed E-state index contributed by atoms with van der Waals surface area (Å²) < 4.78 is 1.23. The topological polar surface area (TPSA) is 16.1 Å². The van der Waals surface area contributed by atoms with Crippen LogP contribution in [0.3, 0.4) is 0 Å². The third kappa shape index (κ3) is 4.23. The van der Waals surface area contributed by atoms with Gasteiger partial charge in [0, 0.05) is 33.0 Å². The van der Waals surface area contributed by atoms with Gasteiger partial charge >= 0.3 is 0 Å². The number of fused-ring (bicyclic) bond motifs is 4. The van der Waals surface area contributed by atoms with Crippen LogP contribution in [0.1, 0.15) is 0 Å². The molecule has 3 heteroatoms. The minimum atomic E-state index is 1.06. The number of benzene rings is 6. The lowest BCUT2D eigenvalue weighted by molar-refractivity contribution is 1.31. The van der Waals surface area contributed by atoms with Gasteiger partial charge in [0.25, 0.3) is 0 Å². The van der Waals surface area contributed by atoms with Gasteiger partial charge < -0.3 is 4.90 Å². The molecule has 0 radical (unpaired) electrons. The van der Waals surface area contributed by atoms with Crippen LogP contribution in [0.2, 0.25) is 0 Å². The molecule has 0 unspecified atom stereocenters. The Labute approximate surface area is 248 Å². The van der Waals surface area contributed by atoms with Crippen LogP contribution in [0, 0.1) is 0 Å². The van der Waals surface area contributed by atoms with Crippen molar-refractivity contribution in [2.24, 2.45) is 0 Å². The average Bonchev–Trinajstić information content (AvgIpc) is 3.45. The summed E-state index contributed by atoms with van der Waals surface area (Å²) in [5.41, 5.74) is 8.22. The van der Waals surface area contributed by atoms with Crippen LogP contribution in [-0.4, -0.2) is 4.98 Å². The summed E-state index contributed by atoms with van der Waals surface area (Å²) in [6, 6.07) is 54.4. The van der Waals surface area contributed by atoms with E-state index in [1.165, 1.54) is 48.5 Å². The van der Waals surface area contributed by atoms with Crippen molar-refractivity contribution in [3.63, 3.8) is 0 Å². The maximum atomic E-state index is 4.70. The second kappa shape index (κ2) is 10.3. The molecule has 0 fully saturated rings. The maximum absolute atomic E-state index is 4.70. The Morgan fingerprint density at radius 3 is 2.00 bits per heavy atom. The van der Waals surface area contributed by atoms with Gasteiger partial charge in [-0.1, -0.05) is 103 Å². The van der Waals surface area contributed by atoms with E-state index >= 15 is 0 Å². The van der Waals surface area contributed by atoms with Crippen LogP contribution in [0.25, 0.3) is 53.3 Å². The first-order valence-corrected chi connectivity index (χ1v) is 15.0. The molecule has 198 valence electrons. The van der Waals surface area contributed by atoms with Gasteiger partial charge in [-0.25, -0.2) is 4.98 Å². The number of nitrogens with zero attached hydrogens (tertiary/aromatic N) is 2. The minimum Gasteiger partial charge on any atom is -0.310 e. The van der Waals surface area contributed by atoms with Crippen LogP contribution in [0.5, 0.6) is 0 Å². The first kappa shape index (κ1) is 24.5. The fourth-order valence-corrected chi connectivity index (χ4v) is 7.03. The van der Waals surface area contributed by atoms with Gasteiger partial charge in [-0.05, 0) is 81.6 Å². The van der Waals surface area contributed by atoms with Crippen LogP contribution in [0.15, 0.2) is 158 Å². The molecule has 0 amide bonds. The number of rotatable bonds is 5. The van der Waals surface area contributed by atoms with E-state index in [2.05, 4.69) is 150 Å². The van der Waals surface area contributed by atoms with Gasteiger partial charge in [0.2, 0.25) is 0 Å². The predicted octanol–water partition coefficient (Wildman–Crippen LogP) is 11.4. The number of hydrogen-bond donors (Lipinski definition) is 0. The summed E-state index contributed by atoms with van der Waals surface area (Å²) in [7, 11) is 0. The van der Waals surface area contributed by atoms with Crippen molar-refractivity contribution in [3.05, 3.63) is 158 Å². The predicted molar refractivity (Wildman–Crippen MR) is 180 cm³/mol. The van der Waals surface area contributed by atoms with E-state index in [4.69, 9.17) is 4.98 Å². The smallest absolute Gasteiger partial charge is 0.124 e. The molecule has 0 N–H and O–H groups in total. The highest BCUT2D eigenvalue weighted by atomic mass is 32.1. The third-order valence-corrected chi connectivity index (χ3v) is 8.99. The first-order chi connectivity index (χ1) is 20.8. The lowest BCUT2D eigenvalue weighted by Crippen LogP contribution is -2.10. The molecule has 42 heavy (non-hydrogen) atoms. The molecule has 8 rings (SSSR count). The van der Waals surface area contributed by atoms with Crippen molar-refractivity contribution in [1.29, 1.82) is 0 Å². The quantitative estimate of drug-likeness (QED) is 0.210. The highest BCUT2D eigenvalue weighted by molar-refractivity contribution is 7.25. The Kier molecular flexibility index (Phi) is 6.02. The Bertz CT molecular complexity index is 2180. The zero-order valence-corrected chi connectivity index (χ0v) is 23.6. The van der Waals surface area contributed by atoms with E-state index in [0.29, 0.717) is 0 Å². The molecule has 2 nitrogen and oxygen atoms in total. The van der Waals surface area contributed by atoms with E-state index < -0.39 is 0 Å². The summed E-state index contributed by atoms with van der Waals surface area (Å²) in [5, 5.41) is 4.87. The van der Waals surface area contributed by atoms with Crippen molar-refractivity contribution < 1.29 is 0 Å². The monoisotopic (exact) mass is 554 g/mol. The summed E-state index contributed by atoms with van der Waals surface area (Å²) in [4.78, 5) is 8.17. The van der Waals surface area contributed by atoms with Crippen LogP contribution >= 0.6 is 11.3 Å². The second-order valence-corrected chi connectivity index (χ2v) is 11.5. The van der Waals surface area contributed by atoms with Crippen molar-refractivity contribution in [1.82, 2.24) is 4.98 Å². The molecular formula is C39H26N2S. The van der Waals surface area contributed by atoms with Crippen LogP contribution < -0.4 is 4.90 Å². The lowest BCUT2D eigenvalue weighted by atomic mass is 9.96. The largest absolute Gasteiger partial charge is 0.310 e. The maximum Gasteiger partial charge on any atom is 0.124 e. The van der Waals surface area contributed by atoms with E-state index in [9.17, 15) is 0 Å². The van der Waals surface area contributed by atoms with Gasteiger partial charge in [0.05, 0.1) is 5.69 Å². The molecule has 0 aliphatic heterocycles. The Morgan fingerprint density at radius 2 is 1.19 bits per heavy atom. The lowest BCUT2D eigenvalue weighted by Gasteiger charge is -2.28. The van der Waals surface area contributed by atoms with E-state index in [0.717, 1.165) is 21.9 Å². The molecule has 0 saturated heterocycles. The van der Waals surface area contributed by atoms with Crippen molar-refractivity contribution in [3.8, 4) is 22.3 Å². The number of pyridine rings is 1. The van der Waals surface area contributed by atoms with Gasteiger partial charge in [-0.15, -0.1) is 11.3 Å².